The van der Waals surface area contributed by atoms with Crippen molar-refractivity contribution in [2.75, 3.05) is 0 Å². The second kappa shape index (κ2) is 31.3. The Morgan fingerprint density at radius 3 is 1.00 bits per heavy atom. The Kier molecular flexibility index (Phi) is 64.1. The van der Waals surface area contributed by atoms with Gasteiger partial charge in [-0.05, 0) is 0 Å². The van der Waals surface area contributed by atoms with E-state index in [4.69, 9.17) is 17.5 Å². The molecule has 0 bridgehead atoms. The molecule has 0 saturated heterocycles. The van der Waals surface area contributed by atoms with Crippen LogP contribution in [0.1, 0.15) is 0 Å². The van der Waals surface area contributed by atoms with Gasteiger partial charge in [0.2, 0.25) is 0 Å². The minimum Gasteiger partial charge on any atom is -0.775 e. The first-order valence-corrected chi connectivity index (χ1v) is 2.85. The van der Waals surface area contributed by atoms with E-state index >= 15 is 0 Å². The molecule has 4 nitrogen and oxygen atoms in total. The van der Waals surface area contributed by atoms with Gasteiger partial charge in [-0.25, -0.2) is 0 Å². The van der Waals surface area contributed by atoms with Gasteiger partial charge in [-0.15, -0.1) is 0 Å². The van der Waals surface area contributed by atoms with Crippen molar-refractivity contribution >= 4 is 23.9 Å². The first-order chi connectivity index (χ1) is 4.56. The van der Waals surface area contributed by atoms with Crippen LogP contribution in [0.25, 0.3) is 0 Å². The minimum atomic E-state index is -3.67. The summed E-state index contributed by atoms with van der Waals surface area (Å²) in [6.07, 6.45) is 0. The molecule has 0 aliphatic rings. The number of hydrogen-bond donors (Lipinski definition) is 2. The van der Waals surface area contributed by atoms with E-state index in [-0.39, 0.29) is 17.1 Å². The Hall–Kier alpha value is 0.529. The molecule has 0 aromatic rings. The third-order valence-corrected chi connectivity index (χ3v) is 0. The van der Waals surface area contributed by atoms with E-state index in [9.17, 15) is 13.2 Å². The number of alkyl halides is 3. The van der Waals surface area contributed by atoms with Crippen molar-refractivity contribution in [1.29, 1.82) is 0 Å². The third kappa shape index (κ3) is 2730. The minimum absolute atomic E-state index is 0. The van der Waals surface area contributed by atoms with Gasteiger partial charge >= 0.3 is 23.7 Å². The second-order valence-corrected chi connectivity index (χ2v) is 0.695. The molecule has 0 saturated carbocycles. The Labute approximate surface area is 78.7 Å². The van der Waals surface area contributed by atoms with Crippen LogP contribution < -0.4 is 0 Å². The van der Waals surface area contributed by atoms with Crippen molar-refractivity contribution in [2.24, 2.45) is 0 Å². The van der Waals surface area contributed by atoms with Gasteiger partial charge in [0, 0.05) is 0 Å². The van der Waals surface area contributed by atoms with Gasteiger partial charge in [-0.1, -0.05) is 23.9 Å². The topological polar surface area (TPSA) is 80.3 Å². The van der Waals surface area contributed by atoms with E-state index in [0.717, 1.165) is 0 Å². The molecule has 11 heavy (non-hydrogen) atoms. The Morgan fingerprint density at radius 1 is 1.00 bits per heavy atom. The number of thiol groups is 2. The summed E-state index contributed by atoms with van der Waals surface area (Å²) in [5.74, 6) is 0. The summed E-state index contributed by atoms with van der Waals surface area (Å²) in [4.78, 5) is 0. The van der Waals surface area contributed by atoms with Crippen molar-refractivity contribution in [1.82, 2.24) is 0 Å². The Morgan fingerprint density at radius 2 is 1.00 bits per heavy atom. The fraction of sp³-hybridized carbons (Fsp3) is 1.00. The first kappa shape index (κ1) is 22.5. The number of halogens is 3. The number of hydrogen-bond acceptors (Lipinski definition) is 4. The van der Waals surface area contributed by atoms with Gasteiger partial charge in [0.1, 0.15) is 0 Å². The van der Waals surface area contributed by atoms with E-state index in [1.165, 1.54) is 0 Å². The largest absolute Gasteiger partial charge is 2.00 e. The second-order valence-electron chi connectivity index (χ2n) is 0.397. The van der Waals surface area contributed by atoms with Crippen LogP contribution in [-0.4, -0.2) is 24.2 Å². The normalized spacial score (nSPS) is 6.36. The van der Waals surface area contributed by atoms with Crippen molar-refractivity contribution < 1.29 is 47.8 Å². The standard InChI is InChI=1S/CHF3.Cu.2H2O2S/c2-1(3)4;;2*1-3-2/h1H;;2*3H,(H,1,2)/q;+2;;/p-2. The summed E-state index contributed by atoms with van der Waals surface area (Å²) < 4.78 is 62.4. The molecule has 10 heteroatoms. The molecule has 0 unspecified atom stereocenters. The van der Waals surface area contributed by atoms with Crippen LogP contribution in [0.4, 0.5) is 13.2 Å². The predicted molar refractivity (Wildman–Crippen MR) is 27.7 cm³/mol. The molecule has 0 aromatic heterocycles. The van der Waals surface area contributed by atoms with Crippen LogP contribution in [0.3, 0.4) is 0 Å². The maximum Gasteiger partial charge on any atom is 2.00 e. The zero-order chi connectivity index (χ0) is 8.99. The zero-order valence-corrected chi connectivity index (χ0v) is 7.27. The molecule has 0 aliphatic carbocycles. The molecule has 0 atom stereocenters. The fourth-order valence-electron chi connectivity index (χ4n) is 0. The molecule has 0 fully saturated rings. The zero-order valence-electron chi connectivity index (χ0n) is 4.54. The molecule has 0 amide bonds. The molecule has 0 aliphatic heterocycles. The number of rotatable bonds is 0. The molecule has 0 rings (SSSR count). The summed E-state index contributed by atoms with van der Waals surface area (Å²) in [6.45, 7) is -3.67. The summed E-state index contributed by atoms with van der Waals surface area (Å²) in [5.41, 5.74) is 0. The molecule has 0 N–H and O–H groups in total. The maximum atomic E-state index is 9.67. The van der Waals surface area contributed by atoms with Crippen molar-refractivity contribution in [3.05, 3.63) is 0 Å². The summed E-state index contributed by atoms with van der Waals surface area (Å²) in [5, 5.41) is 0. The van der Waals surface area contributed by atoms with Crippen LogP contribution >= 0.6 is 0 Å². The Balaban J connectivity index is -0.0000000325. The average Bonchev–Trinajstić information content (AvgIpc) is 1.65. The molecule has 0 heterocycles. The average molecular weight is 264 g/mol. The van der Waals surface area contributed by atoms with E-state index in [1.807, 2.05) is 0 Å². The summed E-state index contributed by atoms with van der Waals surface area (Å²) >= 11 is -2.17. The smallest absolute Gasteiger partial charge is 0.775 e. The van der Waals surface area contributed by atoms with Gasteiger partial charge in [0.25, 0.3) is 0 Å². The van der Waals surface area contributed by atoms with E-state index in [2.05, 4.69) is 0 Å². The van der Waals surface area contributed by atoms with E-state index < -0.39 is 30.6 Å². The maximum absolute atomic E-state index is 9.67. The predicted octanol–water partition coefficient (Wildman–Crippen LogP) is -0.700. The first-order valence-electron chi connectivity index (χ1n) is 1.38. The van der Waals surface area contributed by atoms with Gasteiger partial charge in [0.15, 0.2) is 0 Å². The molecular formula is CH3CuF3O4S2. The van der Waals surface area contributed by atoms with Gasteiger partial charge in [0.05, 0.1) is 0 Å². The monoisotopic (exact) mass is 263 g/mol. The van der Waals surface area contributed by atoms with Crippen LogP contribution in [0.15, 0.2) is 0 Å². The quantitative estimate of drug-likeness (QED) is 0.344. The van der Waals surface area contributed by atoms with Crippen molar-refractivity contribution in [2.45, 2.75) is 6.68 Å². The van der Waals surface area contributed by atoms with Crippen LogP contribution in [0.2, 0.25) is 0 Å². The Bertz CT molecular complexity index is 65.6. The fourth-order valence-corrected chi connectivity index (χ4v) is 0. The third-order valence-electron chi connectivity index (χ3n) is 0. The van der Waals surface area contributed by atoms with Gasteiger partial charge in [-0.2, -0.15) is 13.2 Å². The summed E-state index contributed by atoms with van der Waals surface area (Å²) in [7, 11) is 0. The molecule has 0 aromatic carbocycles. The van der Waals surface area contributed by atoms with Gasteiger partial charge in [-0.3, -0.25) is 8.42 Å². The van der Waals surface area contributed by atoms with Crippen LogP contribution in [0.5, 0.6) is 0 Å². The van der Waals surface area contributed by atoms with Crippen molar-refractivity contribution in [3.63, 3.8) is 0 Å². The van der Waals surface area contributed by atoms with Crippen LogP contribution in [-0.2, 0) is 41.0 Å². The molecule has 0 spiro atoms. The summed E-state index contributed by atoms with van der Waals surface area (Å²) in [6, 6.07) is 0. The SMILES string of the molecule is FC(F)F.O=[SH][O-].O=[SH][O-].[Cu+2]. The van der Waals surface area contributed by atoms with E-state index in [1.54, 1.807) is 0 Å². The molecular weight excluding hydrogens is 261 g/mol. The molecule has 1 radical (unpaired) electrons. The van der Waals surface area contributed by atoms with Gasteiger partial charge < -0.3 is 9.11 Å². The van der Waals surface area contributed by atoms with Crippen molar-refractivity contribution in [3.8, 4) is 0 Å². The van der Waals surface area contributed by atoms with Crippen LogP contribution in [0, 0.1) is 0 Å². The molecule has 75 valence electrons. The van der Waals surface area contributed by atoms with E-state index in [0.29, 0.717) is 0 Å².